The van der Waals surface area contributed by atoms with Crippen molar-refractivity contribution in [1.29, 1.82) is 0 Å². The molecule has 0 N–H and O–H groups in total. The minimum absolute atomic E-state index is 0.801. The van der Waals surface area contributed by atoms with E-state index in [2.05, 4.69) is 307 Å². The molecule has 0 fully saturated rings. The van der Waals surface area contributed by atoms with Gasteiger partial charge < -0.3 is 9.13 Å². The molecule has 11 heterocycles. The Balaban J connectivity index is 0.000000141. The van der Waals surface area contributed by atoms with E-state index in [4.69, 9.17) is 24.9 Å². The second kappa shape index (κ2) is 27.5. The topological polar surface area (TPSA) is 110 Å². The Morgan fingerprint density at radius 1 is 0.170 bits per heavy atom. The van der Waals surface area contributed by atoms with Crippen molar-refractivity contribution in [3.8, 4) is 113 Å². The molecule has 112 heavy (non-hydrogen) atoms. The summed E-state index contributed by atoms with van der Waals surface area (Å²) in [4.78, 5) is 33.4. The Morgan fingerprint density at radius 3 is 0.973 bits per heavy atom. The van der Waals surface area contributed by atoms with Gasteiger partial charge in [-0.05, 0) is 245 Å². The van der Waals surface area contributed by atoms with Gasteiger partial charge in [-0.2, -0.15) is 0 Å². The maximum absolute atomic E-state index is 5.01. The summed E-state index contributed by atoms with van der Waals surface area (Å²) in [7, 11) is 0. The minimum Gasteiger partial charge on any atom is -0.309 e. The van der Waals surface area contributed by atoms with Gasteiger partial charge in [0.1, 0.15) is 11.3 Å². The van der Waals surface area contributed by atoms with Crippen LogP contribution in [0.3, 0.4) is 0 Å². The van der Waals surface area contributed by atoms with Gasteiger partial charge in [0.25, 0.3) is 0 Å². The van der Waals surface area contributed by atoms with Gasteiger partial charge in [-0.1, -0.05) is 158 Å². The van der Waals surface area contributed by atoms with Gasteiger partial charge in [0, 0.05) is 114 Å². The molecule has 0 aliphatic heterocycles. The SMILES string of the molecule is c1ccc(-n2c3ccc(-c4cccc5c4c4ccccc4n5-c4cccc(-c5cc(-c6ccccn6)cc(-c6ccccn6)c5)c4)cc3c3cccnc32)cc1.c1ccc(-n2c3ccc(-c4cccc5c4c4ccccc4n5-c4cccc(-c5cc(-c6ccccn6)nc(-c6ccccn6)c5)c4)cc3c3cccnc32)cc1. The smallest absolute Gasteiger partial charge is 0.145 e. The quantitative estimate of drug-likeness (QED) is 0.120. The molecular weight excluding hydrogens is 1370 g/mol. The molecule has 22 rings (SSSR count). The molecule has 0 unspecified atom stereocenters. The fourth-order valence-corrected chi connectivity index (χ4v) is 16.6. The fraction of sp³-hybridized carbons (Fsp3) is 0. The van der Waals surface area contributed by atoms with Gasteiger partial charge in [-0.15, -0.1) is 0 Å². The second-order valence-corrected chi connectivity index (χ2v) is 28.0. The summed E-state index contributed by atoms with van der Waals surface area (Å²) in [5.74, 6) is 0. The minimum atomic E-state index is 0.801. The third kappa shape index (κ3) is 11.3. The van der Waals surface area contributed by atoms with Crippen molar-refractivity contribution in [3.05, 3.63) is 395 Å². The van der Waals surface area contributed by atoms with E-state index in [1.54, 1.807) is 12.4 Å². The Kier molecular flexibility index (Phi) is 15.9. The van der Waals surface area contributed by atoms with Crippen LogP contribution in [0.4, 0.5) is 0 Å². The van der Waals surface area contributed by atoms with Gasteiger partial charge in [-0.25, -0.2) is 15.0 Å². The third-order valence-corrected chi connectivity index (χ3v) is 21.5. The molecule has 0 aliphatic carbocycles. The lowest BCUT2D eigenvalue weighted by Gasteiger charge is -2.13. The summed E-state index contributed by atoms with van der Waals surface area (Å²) in [6.07, 6.45) is 11.1. The average Bonchev–Trinajstić information content (AvgIpc) is 1.58. The zero-order chi connectivity index (χ0) is 74.0. The highest BCUT2D eigenvalue weighted by atomic mass is 15.1. The van der Waals surface area contributed by atoms with Crippen LogP contribution < -0.4 is 0 Å². The van der Waals surface area contributed by atoms with Crippen LogP contribution in [0.5, 0.6) is 0 Å². The predicted molar refractivity (Wildman–Crippen MR) is 458 cm³/mol. The molecule has 0 bridgehead atoms. The molecule has 22 aromatic rings. The van der Waals surface area contributed by atoms with E-state index in [0.29, 0.717) is 0 Å². The van der Waals surface area contributed by atoms with Crippen LogP contribution in [-0.4, -0.2) is 53.2 Å². The van der Waals surface area contributed by atoms with E-state index in [1.807, 2.05) is 104 Å². The Morgan fingerprint density at radius 2 is 0.527 bits per heavy atom. The number of rotatable bonds is 12. The zero-order valence-electron chi connectivity index (χ0n) is 60.4. The van der Waals surface area contributed by atoms with Crippen molar-refractivity contribution < 1.29 is 0 Å². The zero-order valence-corrected chi connectivity index (χ0v) is 60.4. The molecule has 11 aromatic heterocycles. The molecule has 0 spiro atoms. The van der Waals surface area contributed by atoms with Crippen molar-refractivity contribution >= 4 is 87.5 Å². The van der Waals surface area contributed by atoms with Crippen LogP contribution >= 0.6 is 0 Å². The summed E-state index contributed by atoms with van der Waals surface area (Å²) in [6, 6.07) is 126. The lowest BCUT2D eigenvalue weighted by atomic mass is 9.96. The summed E-state index contributed by atoms with van der Waals surface area (Å²) < 4.78 is 9.32. The number of aromatic nitrogens is 11. The molecule has 524 valence electrons. The van der Waals surface area contributed by atoms with E-state index < -0.39 is 0 Å². The normalized spacial score (nSPS) is 11.6. The van der Waals surface area contributed by atoms with Crippen molar-refractivity contribution in [1.82, 2.24) is 53.2 Å². The highest BCUT2D eigenvalue weighted by Gasteiger charge is 2.23. The number of benzene rings is 11. The van der Waals surface area contributed by atoms with Gasteiger partial charge >= 0.3 is 0 Å². The maximum Gasteiger partial charge on any atom is 0.145 e. The van der Waals surface area contributed by atoms with E-state index in [0.717, 1.165) is 151 Å². The lowest BCUT2D eigenvalue weighted by molar-refractivity contribution is 1.14. The number of pyridine rings is 7. The van der Waals surface area contributed by atoms with Crippen LogP contribution in [0.2, 0.25) is 0 Å². The van der Waals surface area contributed by atoms with Crippen LogP contribution in [0.15, 0.2) is 395 Å². The summed E-state index contributed by atoms with van der Waals surface area (Å²) in [5.41, 5.74) is 29.4. The molecule has 11 heteroatoms. The lowest BCUT2D eigenvalue weighted by Crippen LogP contribution is -1.96. The first-order valence-electron chi connectivity index (χ1n) is 37.6. The summed E-state index contributed by atoms with van der Waals surface area (Å²) in [6.45, 7) is 0. The van der Waals surface area contributed by atoms with Crippen LogP contribution in [0, 0.1) is 0 Å². The van der Waals surface area contributed by atoms with Crippen molar-refractivity contribution in [2.24, 2.45) is 0 Å². The first kappa shape index (κ1) is 65.0. The molecule has 0 aliphatic rings. The highest BCUT2D eigenvalue weighted by Crippen LogP contribution is 2.45. The highest BCUT2D eigenvalue weighted by molar-refractivity contribution is 6.19. The van der Waals surface area contributed by atoms with E-state index in [9.17, 15) is 0 Å². The number of nitrogens with zero attached hydrogens (tertiary/aromatic N) is 11. The van der Waals surface area contributed by atoms with Gasteiger partial charge in [-0.3, -0.25) is 29.1 Å². The van der Waals surface area contributed by atoms with Crippen molar-refractivity contribution in [2.75, 3.05) is 0 Å². The summed E-state index contributed by atoms with van der Waals surface area (Å²) in [5, 5.41) is 9.49. The molecule has 0 radical (unpaired) electrons. The molecule has 0 amide bonds. The monoisotopic (exact) mass is 1430 g/mol. The Hall–Kier alpha value is -15.3. The molecule has 11 nitrogen and oxygen atoms in total. The van der Waals surface area contributed by atoms with Gasteiger partial charge in [0.05, 0.1) is 67.3 Å². The predicted octanol–water partition coefficient (Wildman–Crippen LogP) is 24.9. The van der Waals surface area contributed by atoms with E-state index >= 15 is 0 Å². The van der Waals surface area contributed by atoms with Crippen molar-refractivity contribution in [3.63, 3.8) is 0 Å². The maximum atomic E-state index is 5.01. The van der Waals surface area contributed by atoms with Gasteiger partial charge in [0.2, 0.25) is 0 Å². The van der Waals surface area contributed by atoms with Gasteiger partial charge in [0.15, 0.2) is 0 Å². The molecular formula is C101H65N11. The molecule has 0 saturated carbocycles. The third-order valence-electron chi connectivity index (χ3n) is 21.5. The number of hydrogen-bond acceptors (Lipinski definition) is 7. The van der Waals surface area contributed by atoms with E-state index in [1.165, 1.54) is 49.0 Å². The first-order valence-corrected chi connectivity index (χ1v) is 37.6. The van der Waals surface area contributed by atoms with Crippen LogP contribution in [-0.2, 0) is 0 Å². The number of hydrogen-bond donors (Lipinski definition) is 0. The molecule has 11 aromatic carbocycles. The summed E-state index contributed by atoms with van der Waals surface area (Å²) >= 11 is 0. The number of para-hydroxylation sites is 4. The first-order chi connectivity index (χ1) is 55.6. The van der Waals surface area contributed by atoms with Crippen LogP contribution in [0.1, 0.15) is 0 Å². The Bertz CT molecular complexity index is 6800. The molecule has 0 atom stereocenters. The second-order valence-electron chi connectivity index (χ2n) is 28.0. The molecule has 0 saturated heterocycles. The van der Waals surface area contributed by atoms with Crippen LogP contribution in [0.25, 0.3) is 200 Å². The average molecular weight is 1430 g/mol. The van der Waals surface area contributed by atoms with Crippen molar-refractivity contribution in [2.45, 2.75) is 0 Å². The largest absolute Gasteiger partial charge is 0.309 e. The van der Waals surface area contributed by atoms with E-state index in [-0.39, 0.29) is 0 Å². The standard InChI is InChI=1S/C51H33N5.C50H32N6/c1-2-14-39(15-3-1)56-48-25-24-35(33-44(48)42-19-12-28-54-51(42)56)41-18-11-23-49-50(41)43-17-4-5-22-47(43)55(49)40-16-10-13-34(32-40)36-29-37(45-20-6-8-26-52-45)31-38(30-36)46-21-7-9-27-53-46;1-2-14-36(15-3-1)56-47-25-24-34(30-41(47)39-19-12-28-53-50(39)56)38-18-11-23-48-49(38)40-17-4-5-22-46(40)55(48)37-16-10-13-33(29-37)35-31-44(42-20-6-8-26-51-42)54-45(32-35)43-21-7-9-27-52-43/h1-33H;1-32H. The fourth-order valence-electron chi connectivity index (χ4n) is 16.6. The number of fused-ring (bicyclic) bond motifs is 12. The Labute approximate surface area is 644 Å².